The minimum Gasteiger partial charge on any atom is -0.352 e. The lowest BCUT2D eigenvalue weighted by atomic mass is 9.94. The maximum absolute atomic E-state index is 11.9. The summed E-state index contributed by atoms with van der Waals surface area (Å²) in [5.41, 5.74) is 5.87. The Bertz CT molecular complexity index is 238. The summed E-state index contributed by atoms with van der Waals surface area (Å²) in [6.07, 6.45) is 7.57. The molecule has 0 unspecified atom stereocenters. The zero-order valence-electron chi connectivity index (χ0n) is 11.2. The summed E-state index contributed by atoms with van der Waals surface area (Å²) in [5, 5.41) is 3.88. The summed E-state index contributed by atoms with van der Waals surface area (Å²) in [7, 11) is 0. The van der Waals surface area contributed by atoms with Gasteiger partial charge in [-0.05, 0) is 44.3 Å². The number of hydrogen-bond donors (Lipinski definition) is 2. The van der Waals surface area contributed by atoms with Crippen molar-refractivity contribution >= 4 is 17.7 Å². The van der Waals surface area contributed by atoms with Gasteiger partial charge in [0.05, 0.1) is 6.04 Å². The van der Waals surface area contributed by atoms with Gasteiger partial charge in [-0.2, -0.15) is 11.8 Å². The summed E-state index contributed by atoms with van der Waals surface area (Å²) < 4.78 is 0. The van der Waals surface area contributed by atoms with Crippen LogP contribution in [0.25, 0.3) is 0 Å². The van der Waals surface area contributed by atoms with E-state index in [4.69, 9.17) is 5.73 Å². The Hall–Kier alpha value is -0.220. The molecule has 100 valence electrons. The van der Waals surface area contributed by atoms with Crippen molar-refractivity contribution < 1.29 is 4.79 Å². The number of nitrogens with two attached hydrogens (primary N) is 1. The lowest BCUT2D eigenvalue weighted by Crippen LogP contribution is -2.47. The van der Waals surface area contributed by atoms with E-state index in [0.29, 0.717) is 12.0 Å². The fourth-order valence-corrected chi connectivity index (χ4v) is 3.11. The molecule has 1 saturated carbocycles. The lowest BCUT2D eigenvalue weighted by Gasteiger charge is -2.29. The van der Waals surface area contributed by atoms with Crippen LogP contribution in [-0.2, 0) is 4.79 Å². The van der Waals surface area contributed by atoms with E-state index in [1.807, 2.05) is 11.8 Å². The van der Waals surface area contributed by atoms with Crippen LogP contribution in [0.3, 0.4) is 0 Å². The molecule has 1 amide bonds. The van der Waals surface area contributed by atoms with Gasteiger partial charge >= 0.3 is 0 Å². The SMILES string of the molecule is CSC1CCC(NC(=O)[C@H](N)CC(C)C)CC1. The second-order valence-corrected chi connectivity index (χ2v) is 6.59. The third-order valence-corrected chi connectivity index (χ3v) is 4.55. The number of carbonyl (C=O) groups is 1. The first-order valence-corrected chi connectivity index (χ1v) is 7.90. The van der Waals surface area contributed by atoms with Crippen molar-refractivity contribution in [3.05, 3.63) is 0 Å². The number of hydrogen-bond acceptors (Lipinski definition) is 3. The fourth-order valence-electron chi connectivity index (χ4n) is 2.37. The molecule has 0 radical (unpaired) electrons. The predicted octanol–water partition coefficient (Wildman–Crippen LogP) is 2.15. The first-order valence-electron chi connectivity index (χ1n) is 6.61. The average molecular weight is 258 g/mol. The average Bonchev–Trinajstić information content (AvgIpc) is 2.29. The maximum atomic E-state index is 11.9. The quantitative estimate of drug-likeness (QED) is 0.794. The molecule has 0 saturated heterocycles. The van der Waals surface area contributed by atoms with Crippen molar-refractivity contribution in [2.45, 2.75) is 63.3 Å². The normalized spacial score (nSPS) is 26.9. The van der Waals surface area contributed by atoms with Gasteiger partial charge in [0.15, 0.2) is 0 Å². The molecule has 3 N–H and O–H groups in total. The van der Waals surface area contributed by atoms with E-state index in [2.05, 4.69) is 25.4 Å². The molecule has 0 aromatic heterocycles. The van der Waals surface area contributed by atoms with E-state index >= 15 is 0 Å². The first kappa shape index (κ1) is 14.8. The van der Waals surface area contributed by atoms with Gasteiger partial charge in [0.25, 0.3) is 0 Å². The van der Waals surface area contributed by atoms with Gasteiger partial charge in [0.2, 0.25) is 5.91 Å². The molecule has 17 heavy (non-hydrogen) atoms. The van der Waals surface area contributed by atoms with E-state index in [9.17, 15) is 4.79 Å². The highest BCUT2D eigenvalue weighted by molar-refractivity contribution is 7.99. The lowest BCUT2D eigenvalue weighted by molar-refractivity contribution is -0.123. The minimum absolute atomic E-state index is 0.0336. The molecule has 0 aliphatic heterocycles. The van der Waals surface area contributed by atoms with Gasteiger partial charge in [-0.1, -0.05) is 13.8 Å². The molecule has 4 heteroatoms. The first-order chi connectivity index (χ1) is 8.02. The van der Waals surface area contributed by atoms with Gasteiger partial charge in [-0.25, -0.2) is 0 Å². The Morgan fingerprint density at radius 2 is 1.94 bits per heavy atom. The molecule has 0 heterocycles. The van der Waals surface area contributed by atoms with Gasteiger partial charge < -0.3 is 11.1 Å². The summed E-state index contributed by atoms with van der Waals surface area (Å²) in [6.45, 7) is 4.19. The smallest absolute Gasteiger partial charge is 0.237 e. The highest BCUT2D eigenvalue weighted by Crippen LogP contribution is 2.26. The van der Waals surface area contributed by atoms with Crippen molar-refractivity contribution in [1.29, 1.82) is 0 Å². The van der Waals surface area contributed by atoms with Crippen LogP contribution >= 0.6 is 11.8 Å². The summed E-state index contributed by atoms with van der Waals surface area (Å²) in [6, 6.07) is 0.0115. The van der Waals surface area contributed by atoms with Crippen LogP contribution in [0.4, 0.5) is 0 Å². The van der Waals surface area contributed by atoms with Crippen molar-refractivity contribution in [2.75, 3.05) is 6.26 Å². The Kier molecular flexibility index (Phi) is 6.34. The Morgan fingerprint density at radius 1 is 1.35 bits per heavy atom. The van der Waals surface area contributed by atoms with E-state index < -0.39 is 0 Å². The highest BCUT2D eigenvalue weighted by Gasteiger charge is 2.23. The molecule has 0 aromatic rings. The summed E-state index contributed by atoms with van der Waals surface area (Å²) in [5.74, 6) is 0.509. The molecule has 0 bridgehead atoms. The number of nitrogens with one attached hydrogen (secondary N) is 1. The monoisotopic (exact) mass is 258 g/mol. The van der Waals surface area contributed by atoms with E-state index in [0.717, 1.165) is 24.5 Å². The second kappa shape index (κ2) is 7.27. The standard InChI is InChI=1S/C13H26N2OS/c1-9(2)8-12(14)13(16)15-10-4-6-11(17-3)7-5-10/h9-12H,4-8,14H2,1-3H3,(H,15,16)/t10?,11?,12-/m1/s1. The molecule has 3 nitrogen and oxygen atoms in total. The molecule has 1 fully saturated rings. The van der Waals surface area contributed by atoms with Crippen LogP contribution in [0.2, 0.25) is 0 Å². The molecule has 1 atom stereocenters. The number of rotatable bonds is 5. The third-order valence-electron chi connectivity index (χ3n) is 3.42. The molecular weight excluding hydrogens is 232 g/mol. The zero-order valence-corrected chi connectivity index (χ0v) is 12.1. The zero-order chi connectivity index (χ0) is 12.8. The Balaban J connectivity index is 2.27. The highest BCUT2D eigenvalue weighted by atomic mass is 32.2. The van der Waals surface area contributed by atoms with E-state index in [-0.39, 0.29) is 11.9 Å². The predicted molar refractivity (Wildman–Crippen MR) is 75.1 cm³/mol. The van der Waals surface area contributed by atoms with Crippen LogP contribution in [0, 0.1) is 5.92 Å². The number of thioether (sulfide) groups is 1. The van der Waals surface area contributed by atoms with Gasteiger partial charge in [-0.3, -0.25) is 4.79 Å². The molecule has 0 spiro atoms. The summed E-state index contributed by atoms with van der Waals surface area (Å²) >= 11 is 1.94. The van der Waals surface area contributed by atoms with Crippen LogP contribution in [0.1, 0.15) is 46.0 Å². The van der Waals surface area contributed by atoms with Gasteiger partial charge in [0.1, 0.15) is 0 Å². The third kappa shape index (κ3) is 5.30. The Labute approximate surface area is 109 Å². The minimum atomic E-state index is -0.340. The van der Waals surface area contributed by atoms with Crippen LogP contribution < -0.4 is 11.1 Å². The Morgan fingerprint density at radius 3 is 2.41 bits per heavy atom. The topological polar surface area (TPSA) is 55.1 Å². The van der Waals surface area contributed by atoms with Crippen LogP contribution in [0.5, 0.6) is 0 Å². The van der Waals surface area contributed by atoms with Crippen molar-refractivity contribution in [2.24, 2.45) is 11.7 Å². The van der Waals surface area contributed by atoms with Crippen LogP contribution in [-0.4, -0.2) is 29.5 Å². The largest absolute Gasteiger partial charge is 0.352 e. The fraction of sp³-hybridized carbons (Fsp3) is 0.923. The van der Waals surface area contributed by atoms with E-state index in [1.54, 1.807) is 0 Å². The van der Waals surface area contributed by atoms with Gasteiger partial charge in [-0.15, -0.1) is 0 Å². The molecule has 1 rings (SSSR count). The molecular formula is C13H26N2OS. The molecule has 0 aromatic carbocycles. The molecule has 1 aliphatic rings. The summed E-state index contributed by atoms with van der Waals surface area (Å²) in [4.78, 5) is 11.9. The van der Waals surface area contributed by atoms with Gasteiger partial charge in [0, 0.05) is 11.3 Å². The number of amides is 1. The van der Waals surface area contributed by atoms with Crippen molar-refractivity contribution in [3.63, 3.8) is 0 Å². The van der Waals surface area contributed by atoms with E-state index in [1.165, 1.54) is 12.8 Å². The van der Waals surface area contributed by atoms with Crippen molar-refractivity contribution in [1.82, 2.24) is 5.32 Å². The van der Waals surface area contributed by atoms with Crippen LogP contribution in [0.15, 0.2) is 0 Å². The molecule has 1 aliphatic carbocycles. The maximum Gasteiger partial charge on any atom is 0.237 e. The second-order valence-electron chi connectivity index (χ2n) is 5.45. The number of carbonyl (C=O) groups excluding carboxylic acids is 1. The van der Waals surface area contributed by atoms with Crippen molar-refractivity contribution in [3.8, 4) is 0 Å².